The Labute approximate surface area is 146 Å². The summed E-state index contributed by atoms with van der Waals surface area (Å²) in [6.07, 6.45) is 2.70. The lowest BCUT2D eigenvalue weighted by Crippen LogP contribution is -2.13. The van der Waals surface area contributed by atoms with Crippen LogP contribution < -0.4 is 10.1 Å². The van der Waals surface area contributed by atoms with Crippen molar-refractivity contribution in [2.24, 2.45) is 5.16 Å². The van der Waals surface area contributed by atoms with E-state index in [-0.39, 0.29) is 0 Å². The number of hydrogen-bond acceptors (Lipinski definition) is 5. The highest BCUT2D eigenvalue weighted by Crippen LogP contribution is 2.19. The molecule has 25 heavy (non-hydrogen) atoms. The third-order valence-electron chi connectivity index (χ3n) is 3.16. The Hall–Kier alpha value is -3.28. The van der Waals surface area contributed by atoms with Crippen LogP contribution in [-0.2, 0) is 16.2 Å². The Bertz CT molecular complexity index is 744. The molecule has 0 radical (unpaired) electrons. The predicted octanol–water partition coefficient (Wildman–Crippen LogP) is 3.98. The zero-order valence-corrected chi connectivity index (χ0v) is 14.0. The van der Waals surface area contributed by atoms with Crippen molar-refractivity contribution in [3.8, 4) is 5.75 Å². The smallest absolute Gasteiger partial charge is 0.411 e. The molecule has 0 aliphatic rings. The van der Waals surface area contributed by atoms with Crippen molar-refractivity contribution >= 4 is 18.0 Å². The van der Waals surface area contributed by atoms with Crippen LogP contribution in [0, 0.1) is 0 Å². The fourth-order valence-electron chi connectivity index (χ4n) is 1.97. The van der Waals surface area contributed by atoms with Crippen molar-refractivity contribution in [2.45, 2.75) is 6.61 Å². The molecule has 0 heterocycles. The molecule has 0 fully saturated rings. The highest BCUT2D eigenvalue weighted by Gasteiger charge is 2.07. The van der Waals surface area contributed by atoms with E-state index >= 15 is 0 Å². The molecule has 6 heteroatoms. The molecular formula is C19H20N2O4. The Morgan fingerprint density at radius 1 is 1.24 bits per heavy atom. The first-order valence-electron chi connectivity index (χ1n) is 7.65. The van der Waals surface area contributed by atoms with Gasteiger partial charge in [0.05, 0.1) is 19.0 Å². The fraction of sp³-hybridized carbons (Fsp3) is 0.158. The zero-order chi connectivity index (χ0) is 17.9. The Morgan fingerprint density at radius 3 is 2.88 bits per heavy atom. The highest BCUT2D eigenvalue weighted by molar-refractivity contribution is 5.85. The van der Waals surface area contributed by atoms with Crippen LogP contribution in [-0.4, -0.2) is 26.0 Å². The van der Waals surface area contributed by atoms with E-state index < -0.39 is 6.09 Å². The molecular weight excluding hydrogens is 320 g/mol. The SMILES string of the molecule is C=CCO/N=C/c1cccc(OCc2ccccc2NC(=O)OC)c1. The van der Waals surface area contributed by atoms with Gasteiger partial charge in [-0.3, -0.25) is 5.32 Å². The van der Waals surface area contributed by atoms with Crippen LogP contribution in [0.25, 0.3) is 0 Å². The van der Waals surface area contributed by atoms with Crippen molar-refractivity contribution in [2.75, 3.05) is 19.0 Å². The average Bonchev–Trinajstić information content (AvgIpc) is 2.65. The second-order valence-electron chi connectivity index (χ2n) is 4.95. The fourth-order valence-corrected chi connectivity index (χ4v) is 1.97. The van der Waals surface area contributed by atoms with Gasteiger partial charge < -0.3 is 14.3 Å². The molecule has 130 valence electrons. The molecule has 0 atom stereocenters. The maximum absolute atomic E-state index is 11.4. The normalized spacial score (nSPS) is 10.3. The van der Waals surface area contributed by atoms with Crippen molar-refractivity contribution in [1.29, 1.82) is 0 Å². The minimum Gasteiger partial charge on any atom is -0.489 e. The van der Waals surface area contributed by atoms with Gasteiger partial charge in [0.25, 0.3) is 0 Å². The van der Waals surface area contributed by atoms with E-state index in [1.807, 2.05) is 42.5 Å². The van der Waals surface area contributed by atoms with Gasteiger partial charge in [-0.05, 0) is 23.8 Å². The Balaban J connectivity index is 2.01. The predicted molar refractivity (Wildman–Crippen MR) is 97.0 cm³/mol. The van der Waals surface area contributed by atoms with Crippen LogP contribution in [0.2, 0.25) is 0 Å². The molecule has 0 aliphatic heterocycles. The van der Waals surface area contributed by atoms with Crippen LogP contribution in [0.3, 0.4) is 0 Å². The quantitative estimate of drug-likeness (QED) is 0.341. The number of para-hydroxylation sites is 1. The van der Waals surface area contributed by atoms with Crippen molar-refractivity contribution in [3.05, 3.63) is 72.3 Å². The minimum atomic E-state index is -0.523. The summed E-state index contributed by atoms with van der Waals surface area (Å²) < 4.78 is 10.4. The molecule has 1 amide bonds. The monoisotopic (exact) mass is 340 g/mol. The number of methoxy groups -OCH3 is 1. The molecule has 2 rings (SSSR count). The van der Waals surface area contributed by atoms with Gasteiger partial charge in [0.15, 0.2) is 0 Å². The number of ether oxygens (including phenoxy) is 2. The first kappa shape index (κ1) is 18.1. The second-order valence-corrected chi connectivity index (χ2v) is 4.95. The molecule has 2 aromatic rings. The van der Waals surface area contributed by atoms with Gasteiger partial charge in [0, 0.05) is 5.56 Å². The van der Waals surface area contributed by atoms with Gasteiger partial charge in [-0.15, -0.1) is 0 Å². The molecule has 6 nitrogen and oxygen atoms in total. The largest absolute Gasteiger partial charge is 0.489 e. The number of nitrogens with zero attached hydrogens (tertiary/aromatic N) is 1. The van der Waals surface area contributed by atoms with E-state index in [1.165, 1.54) is 7.11 Å². The number of nitrogens with one attached hydrogen (secondary N) is 1. The minimum absolute atomic E-state index is 0.299. The van der Waals surface area contributed by atoms with E-state index in [2.05, 4.69) is 21.8 Å². The number of carbonyl (C=O) groups is 1. The summed E-state index contributed by atoms with van der Waals surface area (Å²) in [4.78, 5) is 16.4. The van der Waals surface area contributed by atoms with E-state index in [4.69, 9.17) is 9.57 Å². The molecule has 0 aliphatic carbocycles. The third kappa shape index (κ3) is 6.02. The van der Waals surface area contributed by atoms with Gasteiger partial charge in [-0.1, -0.05) is 48.1 Å². The maximum Gasteiger partial charge on any atom is 0.411 e. The lowest BCUT2D eigenvalue weighted by atomic mass is 10.2. The van der Waals surface area contributed by atoms with Crippen molar-refractivity contribution in [3.63, 3.8) is 0 Å². The number of oxime groups is 1. The van der Waals surface area contributed by atoms with Gasteiger partial charge in [-0.25, -0.2) is 4.79 Å². The summed E-state index contributed by atoms with van der Waals surface area (Å²) in [5.41, 5.74) is 2.33. The summed E-state index contributed by atoms with van der Waals surface area (Å²) >= 11 is 0. The molecule has 0 saturated heterocycles. The first-order chi connectivity index (χ1) is 12.2. The second kappa shape index (κ2) is 9.77. The summed E-state index contributed by atoms with van der Waals surface area (Å²) in [5, 5.41) is 6.49. The van der Waals surface area contributed by atoms with Crippen LogP contribution in [0.15, 0.2) is 66.3 Å². The van der Waals surface area contributed by atoms with Crippen molar-refractivity contribution < 1.29 is 19.1 Å². The molecule has 0 aromatic heterocycles. The van der Waals surface area contributed by atoms with Gasteiger partial charge in [0.1, 0.15) is 19.0 Å². The molecule has 0 bridgehead atoms. The van der Waals surface area contributed by atoms with E-state index in [9.17, 15) is 4.79 Å². The van der Waals surface area contributed by atoms with Gasteiger partial charge >= 0.3 is 6.09 Å². The number of benzene rings is 2. The zero-order valence-electron chi connectivity index (χ0n) is 14.0. The van der Waals surface area contributed by atoms with Crippen LogP contribution >= 0.6 is 0 Å². The molecule has 0 spiro atoms. The topological polar surface area (TPSA) is 69.2 Å². The van der Waals surface area contributed by atoms with E-state index in [0.29, 0.717) is 24.7 Å². The standard InChI is InChI=1S/C19H20N2O4/c1-3-11-25-20-13-15-7-6-9-17(12-15)24-14-16-8-4-5-10-18(16)21-19(22)23-2/h3-10,12-13H,1,11,14H2,2H3,(H,21,22)/b20-13+. The summed E-state index contributed by atoms with van der Waals surface area (Å²) in [7, 11) is 1.32. The van der Waals surface area contributed by atoms with Crippen LogP contribution in [0.5, 0.6) is 5.75 Å². The van der Waals surface area contributed by atoms with Gasteiger partial charge in [-0.2, -0.15) is 0 Å². The van der Waals surface area contributed by atoms with E-state index in [1.54, 1.807) is 18.4 Å². The Morgan fingerprint density at radius 2 is 2.08 bits per heavy atom. The molecule has 2 aromatic carbocycles. The summed E-state index contributed by atoms with van der Waals surface area (Å²) in [6.45, 7) is 4.21. The number of carbonyl (C=O) groups excluding carboxylic acids is 1. The van der Waals surface area contributed by atoms with Crippen molar-refractivity contribution in [1.82, 2.24) is 0 Å². The maximum atomic E-state index is 11.4. The molecule has 0 unspecified atom stereocenters. The summed E-state index contributed by atoms with van der Waals surface area (Å²) in [5.74, 6) is 0.681. The van der Waals surface area contributed by atoms with Gasteiger partial charge in [0.2, 0.25) is 0 Å². The van der Waals surface area contributed by atoms with E-state index in [0.717, 1.165) is 11.1 Å². The Kier molecular flexibility index (Phi) is 7.06. The average molecular weight is 340 g/mol. The number of amides is 1. The number of hydrogen-bond donors (Lipinski definition) is 1. The number of anilines is 1. The number of rotatable bonds is 8. The van der Waals surface area contributed by atoms with Crippen LogP contribution in [0.1, 0.15) is 11.1 Å². The lowest BCUT2D eigenvalue weighted by Gasteiger charge is -2.12. The third-order valence-corrected chi connectivity index (χ3v) is 3.16. The first-order valence-corrected chi connectivity index (χ1v) is 7.65. The lowest BCUT2D eigenvalue weighted by molar-refractivity contribution is 0.176. The summed E-state index contributed by atoms with van der Waals surface area (Å²) in [6, 6.07) is 14.8. The molecule has 1 N–H and O–H groups in total. The van der Waals surface area contributed by atoms with Crippen LogP contribution in [0.4, 0.5) is 10.5 Å². The molecule has 0 saturated carbocycles. The highest BCUT2D eigenvalue weighted by atomic mass is 16.6.